The number of anilines is 2. The molecule has 6 nitrogen and oxygen atoms in total. The van der Waals surface area contributed by atoms with Crippen LogP contribution in [0.3, 0.4) is 0 Å². The van der Waals surface area contributed by atoms with Crippen LogP contribution in [0, 0.1) is 0 Å². The monoisotopic (exact) mass is 293 g/mol. The number of ether oxygens (including phenoxy) is 2. The normalized spacial score (nSPS) is 10.2. The van der Waals surface area contributed by atoms with Gasteiger partial charge >= 0.3 is 0 Å². The van der Waals surface area contributed by atoms with Crippen molar-refractivity contribution in [1.82, 2.24) is 4.98 Å². The van der Waals surface area contributed by atoms with Crippen LogP contribution in [0.4, 0.5) is 10.8 Å². The van der Waals surface area contributed by atoms with Gasteiger partial charge in [0.25, 0.3) is 5.91 Å². The number of aromatic nitrogens is 1. The first-order valence-corrected chi connectivity index (χ1v) is 6.81. The van der Waals surface area contributed by atoms with E-state index in [4.69, 9.17) is 15.2 Å². The molecule has 1 amide bonds. The number of rotatable bonds is 6. The van der Waals surface area contributed by atoms with Crippen molar-refractivity contribution in [2.45, 2.75) is 0 Å². The summed E-state index contributed by atoms with van der Waals surface area (Å²) in [5, 5.41) is 4.73. The van der Waals surface area contributed by atoms with Gasteiger partial charge in [0, 0.05) is 18.2 Å². The van der Waals surface area contributed by atoms with Crippen LogP contribution in [-0.4, -0.2) is 31.2 Å². The van der Waals surface area contributed by atoms with Crippen molar-refractivity contribution in [3.63, 3.8) is 0 Å². The number of amides is 1. The summed E-state index contributed by atoms with van der Waals surface area (Å²) in [5.41, 5.74) is 6.47. The van der Waals surface area contributed by atoms with E-state index < -0.39 is 0 Å². The van der Waals surface area contributed by atoms with Gasteiger partial charge in [-0.15, -0.1) is 11.3 Å². The maximum absolute atomic E-state index is 11.9. The Bertz CT molecular complexity index is 568. The number of hydrogen-bond donors (Lipinski definition) is 2. The second-order valence-electron chi connectivity index (χ2n) is 3.89. The molecule has 0 radical (unpaired) electrons. The topological polar surface area (TPSA) is 86.5 Å². The number of benzene rings is 1. The summed E-state index contributed by atoms with van der Waals surface area (Å²) in [6.45, 7) is 1.02. The Morgan fingerprint density at radius 2 is 2.10 bits per heavy atom. The molecular formula is C13H15N3O3S. The predicted octanol–water partition coefficient (Wildman–Crippen LogP) is 2.00. The first-order chi connectivity index (χ1) is 9.69. The van der Waals surface area contributed by atoms with Crippen molar-refractivity contribution in [1.29, 1.82) is 0 Å². The molecule has 0 unspecified atom stereocenters. The fraction of sp³-hybridized carbons (Fsp3) is 0.231. The van der Waals surface area contributed by atoms with Gasteiger partial charge in [-0.1, -0.05) is 0 Å². The van der Waals surface area contributed by atoms with Crippen molar-refractivity contribution in [3.05, 3.63) is 35.3 Å². The molecule has 0 fully saturated rings. The van der Waals surface area contributed by atoms with E-state index in [-0.39, 0.29) is 5.91 Å². The highest BCUT2D eigenvalue weighted by Crippen LogP contribution is 2.17. The van der Waals surface area contributed by atoms with Gasteiger partial charge in [0.05, 0.1) is 6.61 Å². The molecule has 0 spiro atoms. The van der Waals surface area contributed by atoms with E-state index in [9.17, 15) is 4.79 Å². The molecule has 7 heteroatoms. The van der Waals surface area contributed by atoms with E-state index in [0.717, 1.165) is 5.75 Å². The van der Waals surface area contributed by atoms with Gasteiger partial charge in [0.2, 0.25) is 0 Å². The highest BCUT2D eigenvalue weighted by molar-refractivity contribution is 7.13. The third kappa shape index (κ3) is 3.94. The molecule has 2 rings (SSSR count). The molecule has 1 aromatic heterocycles. The minimum absolute atomic E-state index is 0.286. The number of nitrogens with two attached hydrogens (primary N) is 1. The van der Waals surface area contributed by atoms with Gasteiger partial charge in [-0.3, -0.25) is 4.79 Å². The number of hydrogen-bond acceptors (Lipinski definition) is 6. The first kappa shape index (κ1) is 14.3. The maximum atomic E-state index is 11.9. The Hall–Kier alpha value is -2.12. The molecule has 2 aromatic rings. The first-order valence-electron chi connectivity index (χ1n) is 5.93. The van der Waals surface area contributed by atoms with Crippen LogP contribution in [0.1, 0.15) is 10.5 Å². The van der Waals surface area contributed by atoms with Gasteiger partial charge in [0.1, 0.15) is 18.1 Å². The summed E-state index contributed by atoms with van der Waals surface area (Å²) in [6, 6.07) is 7.08. The van der Waals surface area contributed by atoms with Crippen molar-refractivity contribution >= 4 is 28.1 Å². The smallest absolute Gasteiger partial charge is 0.275 e. The number of nitrogen functional groups attached to an aromatic ring is 1. The van der Waals surface area contributed by atoms with Crippen molar-refractivity contribution in [2.24, 2.45) is 0 Å². The molecule has 0 aliphatic carbocycles. The van der Waals surface area contributed by atoms with Gasteiger partial charge in [-0.05, 0) is 24.3 Å². The second-order valence-corrected chi connectivity index (χ2v) is 4.78. The zero-order valence-corrected chi connectivity index (χ0v) is 11.8. The molecule has 3 N–H and O–H groups in total. The SMILES string of the molecule is COCCOc1ccc(NC(=O)c2csc(N)n2)cc1. The van der Waals surface area contributed by atoms with E-state index in [1.807, 2.05) is 0 Å². The molecule has 1 heterocycles. The molecule has 0 aliphatic rings. The molecule has 0 saturated carbocycles. The lowest BCUT2D eigenvalue weighted by Gasteiger charge is -2.07. The van der Waals surface area contributed by atoms with E-state index in [0.29, 0.717) is 29.7 Å². The van der Waals surface area contributed by atoms with E-state index in [1.165, 1.54) is 11.3 Å². The predicted molar refractivity (Wildman–Crippen MR) is 78.3 cm³/mol. The Labute approximate surface area is 120 Å². The Morgan fingerprint density at radius 1 is 1.35 bits per heavy atom. The summed E-state index contributed by atoms with van der Waals surface area (Å²) >= 11 is 1.23. The minimum Gasteiger partial charge on any atom is -0.491 e. The zero-order valence-electron chi connectivity index (χ0n) is 11.0. The number of carbonyl (C=O) groups is 1. The fourth-order valence-corrected chi connectivity index (χ4v) is 2.01. The Morgan fingerprint density at radius 3 is 2.70 bits per heavy atom. The largest absolute Gasteiger partial charge is 0.491 e. The lowest BCUT2D eigenvalue weighted by Crippen LogP contribution is -2.12. The number of methoxy groups -OCH3 is 1. The number of carbonyl (C=O) groups excluding carboxylic acids is 1. The third-order valence-corrected chi connectivity index (χ3v) is 3.10. The van der Waals surface area contributed by atoms with Crippen LogP contribution in [0.15, 0.2) is 29.6 Å². The van der Waals surface area contributed by atoms with Gasteiger partial charge in [-0.25, -0.2) is 4.98 Å². The summed E-state index contributed by atoms with van der Waals surface area (Å²) in [4.78, 5) is 15.8. The quantitative estimate of drug-likeness (QED) is 0.796. The fourth-order valence-electron chi connectivity index (χ4n) is 1.46. The number of nitrogens with one attached hydrogen (secondary N) is 1. The van der Waals surface area contributed by atoms with Gasteiger partial charge in [0.15, 0.2) is 5.13 Å². The van der Waals surface area contributed by atoms with Crippen molar-refractivity contribution < 1.29 is 14.3 Å². The Kier molecular flexibility index (Phi) is 4.91. The molecule has 0 atom stereocenters. The summed E-state index contributed by atoms with van der Waals surface area (Å²) in [7, 11) is 1.62. The standard InChI is InChI=1S/C13H15N3O3S/c1-18-6-7-19-10-4-2-9(3-5-10)15-12(17)11-8-20-13(14)16-11/h2-5,8H,6-7H2,1H3,(H2,14,16)(H,15,17). The molecule has 1 aromatic carbocycles. The van der Waals surface area contributed by atoms with Crippen LogP contribution in [-0.2, 0) is 4.74 Å². The molecule has 0 aliphatic heterocycles. The molecule has 0 saturated heterocycles. The molecular weight excluding hydrogens is 278 g/mol. The molecule has 0 bridgehead atoms. The molecule has 20 heavy (non-hydrogen) atoms. The van der Waals surface area contributed by atoms with Crippen LogP contribution in [0.25, 0.3) is 0 Å². The van der Waals surface area contributed by atoms with E-state index in [2.05, 4.69) is 10.3 Å². The summed E-state index contributed by atoms with van der Waals surface area (Å²) in [6.07, 6.45) is 0. The lowest BCUT2D eigenvalue weighted by atomic mass is 10.3. The highest BCUT2D eigenvalue weighted by atomic mass is 32.1. The molecule has 106 valence electrons. The summed E-state index contributed by atoms with van der Waals surface area (Å²) in [5.74, 6) is 0.434. The van der Waals surface area contributed by atoms with Crippen LogP contribution < -0.4 is 15.8 Å². The van der Waals surface area contributed by atoms with Crippen molar-refractivity contribution in [2.75, 3.05) is 31.4 Å². The zero-order chi connectivity index (χ0) is 14.4. The van der Waals surface area contributed by atoms with Gasteiger partial charge < -0.3 is 20.5 Å². The van der Waals surface area contributed by atoms with Crippen LogP contribution in [0.2, 0.25) is 0 Å². The Balaban J connectivity index is 1.91. The highest BCUT2D eigenvalue weighted by Gasteiger charge is 2.09. The number of nitrogens with zero attached hydrogens (tertiary/aromatic N) is 1. The lowest BCUT2D eigenvalue weighted by molar-refractivity contribution is 0.102. The third-order valence-electron chi connectivity index (χ3n) is 2.42. The van der Waals surface area contributed by atoms with E-state index in [1.54, 1.807) is 36.8 Å². The second kappa shape index (κ2) is 6.88. The average Bonchev–Trinajstić information content (AvgIpc) is 2.88. The summed E-state index contributed by atoms with van der Waals surface area (Å²) < 4.78 is 10.3. The van der Waals surface area contributed by atoms with Crippen LogP contribution in [0.5, 0.6) is 5.75 Å². The minimum atomic E-state index is -0.286. The number of thiazole rings is 1. The van der Waals surface area contributed by atoms with Crippen molar-refractivity contribution in [3.8, 4) is 5.75 Å². The average molecular weight is 293 g/mol. The van der Waals surface area contributed by atoms with Crippen LogP contribution >= 0.6 is 11.3 Å². The maximum Gasteiger partial charge on any atom is 0.275 e. The van der Waals surface area contributed by atoms with E-state index >= 15 is 0 Å². The van der Waals surface area contributed by atoms with Gasteiger partial charge in [-0.2, -0.15) is 0 Å².